The van der Waals surface area contributed by atoms with E-state index >= 15 is 0 Å². The molecule has 0 amide bonds. The average Bonchev–Trinajstić information content (AvgIpc) is 2.51. The average molecular weight is 229 g/mol. The molecule has 1 heterocycles. The van der Waals surface area contributed by atoms with Crippen molar-refractivity contribution in [3.8, 4) is 0 Å². The van der Waals surface area contributed by atoms with E-state index in [1.165, 1.54) is 11.5 Å². The number of carboxylic acid groups (broad SMARTS) is 1. The normalized spacial score (nSPS) is 12.8. The van der Waals surface area contributed by atoms with Crippen LogP contribution in [0.1, 0.15) is 26.6 Å². The molecule has 0 fully saturated rings. The molecule has 15 heavy (non-hydrogen) atoms. The summed E-state index contributed by atoms with van der Waals surface area (Å²) in [4.78, 5) is 14.8. The summed E-state index contributed by atoms with van der Waals surface area (Å²) < 4.78 is 4.14. The molecule has 1 aromatic rings. The number of hydrogen-bond acceptors (Lipinski definition) is 5. The molecule has 0 aliphatic rings. The quantitative estimate of drug-likeness (QED) is 0.802. The fraction of sp³-hybridized carbons (Fsp3) is 0.667. The van der Waals surface area contributed by atoms with Crippen molar-refractivity contribution in [2.24, 2.45) is 5.92 Å². The molecular weight excluding hydrogens is 214 g/mol. The van der Waals surface area contributed by atoms with Crippen molar-refractivity contribution in [3.05, 3.63) is 5.82 Å². The Hall–Kier alpha value is -1.17. The molecule has 0 aromatic carbocycles. The first-order valence-electron chi connectivity index (χ1n) is 4.81. The molecule has 0 saturated carbocycles. The highest BCUT2D eigenvalue weighted by molar-refractivity contribution is 7.09. The zero-order chi connectivity index (χ0) is 11.4. The Morgan fingerprint density at radius 2 is 2.20 bits per heavy atom. The minimum atomic E-state index is -0.893. The van der Waals surface area contributed by atoms with Crippen LogP contribution in [0.4, 0.5) is 5.13 Å². The largest absolute Gasteiger partial charge is 0.480 e. The van der Waals surface area contributed by atoms with E-state index in [9.17, 15) is 4.79 Å². The lowest BCUT2D eigenvalue weighted by atomic mass is 10.1. The predicted molar refractivity (Wildman–Crippen MR) is 59.2 cm³/mol. The van der Waals surface area contributed by atoms with E-state index in [-0.39, 0.29) is 0 Å². The molecular formula is C9H15N3O2S. The zero-order valence-corrected chi connectivity index (χ0v) is 9.84. The van der Waals surface area contributed by atoms with Crippen LogP contribution in [0.2, 0.25) is 0 Å². The third-order valence-corrected chi connectivity index (χ3v) is 2.45. The zero-order valence-electron chi connectivity index (χ0n) is 9.02. The lowest BCUT2D eigenvalue weighted by Crippen LogP contribution is -2.25. The Bertz CT molecular complexity index is 338. The number of anilines is 1. The van der Waals surface area contributed by atoms with Crippen molar-refractivity contribution >= 4 is 22.6 Å². The summed E-state index contributed by atoms with van der Waals surface area (Å²) in [6.07, 6.45) is 0.819. The number of carbonyl (C=O) groups is 1. The third kappa shape index (κ3) is 3.83. The summed E-state index contributed by atoms with van der Waals surface area (Å²) in [5, 5.41) is 12.0. The molecule has 0 spiro atoms. The fourth-order valence-corrected chi connectivity index (χ4v) is 1.69. The summed E-state index contributed by atoms with van der Waals surface area (Å²) >= 11 is 1.20. The summed E-state index contributed by atoms with van der Waals surface area (Å²) in [5.74, 6) is 0.384. The van der Waals surface area contributed by atoms with Crippen LogP contribution in [-0.2, 0) is 11.2 Å². The van der Waals surface area contributed by atoms with Gasteiger partial charge in [0, 0.05) is 18.0 Å². The highest BCUT2D eigenvalue weighted by Gasteiger charge is 2.13. The molecule has 0 saturated heterocycles. The molecule has 0 bridgehead atoms. The molecule has 1 aromatic heterocycles. The Kier molecular flexibility index (Phi) is 4.02. The van der Waals surface area contributed by atoms with Crippen LogP contribution in [0.25, 0.3) is 0 Å². The van der Waals surface area contributed by atoms with E-state index in [0.717, 1.165) is 12.2 Å². The molecule has 5 nitrogen and oxygen atoms in total. The van der Waals surface area contributed by atoms with E-state index in [4.69, 9.17) is 5.11 Å². The van der Waals surface area contributed by atoms with Crippen molar-refractivity contribution in [1.29, 1.82) is 0 Å². The molecule has 1 atom stereocenters. The van der Waals surface area contributed by atoms with Crippen LogP contribution < -0.4 is 5.32 Å². The van der Waals surface area contributed by atoms with Gasteiger partial charge in [-0.15, -0.1) is 0 Å². The van der Waals surface area contributed by atoms with Gasteiger partial charge in [0.1, 0.15) is 11.9 Å². The van der Waals surface area contributed by atoms with Crippen molar-refractivity contribution in [3.63, 3.8) is 0 Å². The smallest absolute Gasteiger partial charge is 0.325 e. The Morgan fingerprint density at radius 1 is 1.53 bits per heavy atom. The van der Waals surface area contributed by atoms with Gasteiger partial charge < -0.3 is 10.4 Å². The van der Waals surface area contributed by atoms with Gasteiger partial charge in [-0.3, -0.25) is 4.79 Å². The summed E-state index contributed by atoms with van der Waals surface area (Å²) in [7, 11) is 0. The fourth-order valence-electron chi connectivity index (χ4n) is 1.01. The molecule has 0 radical (unpaired) electrons. The SMILES string of the molecule is CC(C)Cc1nsc(N[C@H](C)C(=O)O)n1. The number of carboxylic acids is 1. The molecule has 1 rings (SSSR count). The minimum Gasteiger partial charge on any atom is -0.480 e. The second-order valence-corrected chi connectivity index (χ2v) is 4.57. The van der Waals surface area contributed by atoms with Gasteiger partial charge in [0.05, 0.1) is 0 Å². The van der Waals surface area contributed by atoms with Gasteiger partial charge in [0.15, 0.2) is 0 Å². The van der Waals surface area contributed by atoms with Gasteiger partial charge in [-0.05, 0) is 12.8 Å². The maximum atomic E-state index is 10.6. The number of aromatic nitrogens is 2. The lowest BCUT2D eigenvalue weighted by molar-refractivity contribution is -0.137. The Labute approximate surface area is 92.7 Å². The monoisotopic (exact) mass is 229 g/mol. The van der Waals surface area contributed by atoms with Gasteiger partial charge in [-0.1, -0.05) is 13.8 Å². The van der Waals surface area contributed by atoms with E-state index in [2.05, 4.69) is 28.5 Å². The minimum absolute atomic E-state index is 0.504. The highest BCUT2D eigenvalue weighted by Crippen LogP contribution is 2.14. The summed E-state index contributed by atoms with van der Waals surface area (Å²) in [6, 6.07) is -0.634. The highest BCUT2D eigenvalue weighted by atomic mass is 32.1. The van der Waals surface area contributed by atoms with Crippen LogP contribution in [0.5, 0.6) is 0 Å². The van der Waals surface area contributed by atoms with Gasteiger partial charge >= 0.3 is 5.97 Å². The van der Waals surface area contributed by atoms with E-state index < -0.39 is 12.0 Å². The maximum Gasteiger partial charge on any atom is 0.325 e. The van der Waals surface area contributed by atoms with Gasteiger partial charge in [0.2, 0.25) is 5.13 Å². The standard InChI is InChI=1S/C9H15N3O2S/c1-5(2)4-7-11-9(15-12-7)10-6(3)8(13)14/h5-6H,4H2,1-3H3,(H,13,14)(H,10,11,12)/t6-/m1/s1. The lowest BCUT2D eigenvalue weighted by Gasteiger charge is -2.05. The molecule has 0 unspecified atom stereocenters. The van der Waals surface area contributed by atoms with Crippen molar-refractivity contribution in [2.45, 2.75) is 33.2 Å². The van der Waals surface area contributed by atoms with Crippen LogP contribution in [0.3, 0.4) is 0 Å². The van der Waals surface area contributed by atoms with Gasteiger partial charge in [0.25, 0.3) is 0 Å². The number of nitrogens with one attached hydrogen (secondary N) is 1. The molecule has 0 aliphatic carbocycles. The first-order chi connectivity index (χ1) is 6.99. The first kappa shape index (κ1) is 11.9. The Balaban J connectivity index is 2.56. The summed E-state index contributed by atoms with van der Waals surface area (Å²) in [5.41, 5.74) is 0. The second-order valence-electron chi connectivity index (χ2n) is 3.82. The van der Waals surface area contributed by atoms with E-state index in [0.29, 0.717) is 11.0 Å². The predicted octanol–water partition coefficient (Wildman–Crippen LogP) is 1.62. The van der Waals surface area contributed by atoms with Crippen LogP contribution in [-0.4, -0.2) is 26.5 Å². The maximum absolute atomic E-state index is 10.6. The van der Waals surface area contributed by atoms with Crippen LogP contribution in [0, 0.1) is 5.92 Å². The topological polar surface area (TPSA) is 75.1 Å². The van der Waals surface area contributed by atoms with Crippen molar-refractivity contribution < 1.29 is 9.90 Å². The van der Waals surface area contributed by atoms with Gasteiger partial charge in [-0.25, -0.2) is 4.98 Å². The first-order valence-corrected chi connectivity index (χ1v) is 5.58. The number of rotatable bonds is 5. The Morgan fingerprint density at radius 3 is 2.73 bits per heavy atom. The molecule has 6 heteroatoms. The van der Waals surface area contributed by atoms with Gasteiger partial charge in [-0.2, -0.15) is 4.37 Å². The second kappa shape index (κ2) is 5.06. The van der Waals surface area contributed by atoms with Crippen LogP contribution >= 0.6 is 11.5 Å². The van der Waals surface area contributed by atoms with E-state index in [1.807, 2.05) is 0 Å². The molecule has 2 N–H and O–H groups in total. The molecule has 84 valence electrons. The number of nitrogens with zero attached hydrogens (tertiary/aromatic N) is 2. The molecule has 0 aliphatic heterocycles. The summed E-state index contributed by atoms with van der Waals surface area (Å²) in [6.45, 7) is 5.76. The third-order valence-electron chi connectivity index (χ3n) is 1.77. The number of aliphatic carboxylic acids is 1. The van der Waals surface area contributed by atoms with E-state index in [1.54, 1.807) is 6.92 Å². The van der Waals surface area contributed by atoms with Crippen molar-refractivity contribution in [2.75, 3.05) is 5.32 Å². The van der Waals surface area contributed by atoms with Crippen LogP contribution in [0.15, 0.2) is 0 Å². The van der Waals surface area contributed by atoms with Crippen molar-refractivity contribution in [1.82, 2.24) is 9.36 Å². The number of hydrogen-bond donors (Lipinski definition) is 2.